The lowest BCUT2D eigenvalue weighted by Gasteiger charge is -2.28. The van der Waals surface area contributed by atoms with Gasteiger partial charge in [-0.15, -0.1) is 0 Å². The van der Waals surface area contributed by atoms with Crippen molar-refractivity contribution in [2.24, 2.45) is 0 Å². The van der Waals surface area contributed by atoms with Gasteiger partial charge in [-0.2, -0.15) is 0 Å². The summed E-state index contributed by atoms with van der Waals surface area (Å²) in [5, 5.41) is 0. The molecule has 0 saturated heterocycles. The molecule has 2 heterocycles. The van der Waals surface area contributed by atoms with Crippen LogP contribution in [-0.2, 0) is 19.5 Å². The average molecular weight is 313 g/mol. The third-order valence-electron chi connectivity index (χ3n) is 4.39. The number of aryl methyl sites for hydroxylation is 1. The van der Waals surface area contributed by atoms with Gasteiger partial charge in [0.15, 0.2) is 0 Å². The average Bonchev–Trinajstić information content (AvgIpc) is 2.55. The Kier molecular flexibility index (Phi) is 4.48. The number of nitrogens with zero attached hydrogens (tertiary/aromatic N) is 3. The van der Waals surface area contributed by atoms with E-state index in [4.69, 9.17) is 9.47 Å². The summed E-state index contributed by atoms with van der Waals surface area (Å²) in [7, 11) is 3.40. The predicted octanol–water partition coefficient (Wildman–Crippen LogP) is 2.67. The van der Waals surface area contributed by atoms with Crippen molar-refractivity contribution in [3.8, 4) is 11.5 Å². The first-order chi connectivity index (χ1) is 11.1. The van der Waals surface area contributed by atoms with Crippen molar-refractivity contribution < 1.29 is 9.47 Å². The molecule has 122 valence electrons. The van der Waals surface area contributed by atoms with Gasteiger partial charge >= 0.3 is 0 Å². The second kappa shape index (κ2) is 6.54. The number of hydrogen-bond donors (Lipinski definition) is 0. The molecule has 23 heavy (non-hydrogen) atoms. The molecule has 5 nitrogen and oxygen atoms in total. The highest BCUT2D eigenvalue weighted by Gasteiger charge is 2.20. The van der Waals surface area contributed by atoms with Crippen molar-refractivity contribution in [3.63, 3.8) is 0 Å². The summed E-state index contributed by atoms with van der Waals surface area (Å²) in [5.41, 5.74) is 4.64. The fraction of sp³-hybridized carbons (Fsp3) is 0.444. The Hall–Kier alpha value is -2.14. The van der Waals surface area contributed by atoms with Crippen LogP contribution >= 0.6 is 0 Å². The van der Waals surface area contributed by atoms with E-state index in [1.807, 2.05) is 26.1 Å². The minimum absolute atomic E-state index is 0.849. The molecule has 3 rings (SSSR count). The molecule has 1 aliphatic rings. The van der Waals surface area contributed by atoms with Gasteiger partial charge in [-0.05, 0) is 19.9 Å². The van der Waals surface area contributed by atoms with Crippen LogP contribution in [0.3, 0.4) is 0 Å². The summed E-state index contributed by atoms with van der Waals surface area (Å²) in [6.45, 7) is 6.70. The Morgan fingerprint density at radius 3 is 2.74 bits per heavy atom. The van der Waals surface area contributed by atoms with E-state index in [1.165, 1.54) is 16.8 Å². The molecule has 0 saturated carbocycles. The molecule has 0 aliphatic carbocycles. The second-order valence-electron chi connectivity index (χ2n) is 5.93. The molecule has 5 heteroatoms. The van der Waals surface area contributed by atoms with Crippen LogP contribution in [0.1, 0.15) is 28.2 Å². The van der Waals surface area contributed by atoms with Crippen molar-refractivity contribution >= 4 is 0 Å². The summed E-state index contributed by atoms with van der Waals surface area (Å²) >= 11 is 0. The molecule has 0 radical (unpaired) electrons. The molecular formula is C18H23N3O2. The molecular weight excluding hydrogens is 290 g/mol. The van der Waals surface area contributed by atoms with Gasteiger partial charge in [0.1, 0.15) is 17.3 Å². The van der Waals surface area contributed by atoms with Crippen molar-refractivity contribution in [2.45, 2.75) is 33.4 Å². The zero-order valence-corrected chi connectivity index (χ0v) is 14.2. The molecule has 0 atom stereocenters. The van der Waals surface area contributed by atoms with E-state index >= 15 is 0 Å². The molecule has 0 bridgehead atoms. The van der Waals surface area contributed by atoms with Crippen molar-refractivity contribution in [1.29, 1.82) is 0 Å². The topological polar surface area (TPSA) is 47.5 Å². The molecule has 1 aromatic carbocycles. The highest BCUT2D eigenvalue weighted by molar-refractivity contribution is 5.49. The van der Waals surface area contributed by atoms with Crippen molar-refractivity contribution in [1.82, 2.24) is 14.9 Å². The van der Waals surface area contributed by atoms with Gasteiger partial charge in [-0.3, -0.25) is 4.90 Å². The van der Waals surface area contributed by atoms with E-state index in [9.17, 15) is 0 Å². The first-order valence-electron chi connectivity index (χ1n) is 7.86. The maximum Gasteiger partial charge on any atom is 0.129 e. The van der Waals surface area contributed by atoms with Gasteiger partial charge in [-0.1, -0.05) is 6.07 Å². The lowest BCUT2D eigenvalue weighted by molar-refractivity contribution is 0.238. The molecule has 0 fully saturated rings. The van der Waals surface area contributed by atoms with Gasteiger partial charge in [0.25, 0.3) is 0 Å². The normalized spacial score (nSPS) is 14.4. The summed E-state index contributed by atoms with van der Waals surface area (Å²) < 4.78 is 11.0. The van der Waals surface area contributed by atoms with Crippen molar-refractivity contribution in [2.75, 3.05) is 20.8 Å². The van der Waals surface area contributed by atoms with E-state index < -0.39 is 0 Å². The largest absolute Gasteiger partial charge is 0.496 e. The number of fused-ring (bicyclic) bond motifs is 1. The Labute approximate surface area is 137 Å². The number of hydrogen-bond acceptors (Lipinski definition) is 5. The Balaban J connectivity index is 1.81. The van der Waals surface area contributed by atoms with E-state index in [2.05, 4.69) is 20.9 Å². The first kappa shape index (κ1) is 15.7. The SMILES string of the molecule is COc1ccc(CN2CCc3nc(C)ncc3C2)c(OC)c1C. The number of aromatic nitrogens is 2. The van der Waals surface area contributed by atoms with Gasteiger partial charge in [0.05, 0.1) is 14.2 Å². The summed E-state index contributed by atoms with van der Waals surface area (Å²) in [5.74, 6) is 2.62. The molecule has 2 aromatic rings. The Morgan fingerprint density at radius 1 is 1.17 bits per heavy atom. The third-order valence-corrected chi connectivity index (χ3v) is 4.39. The van der Waals surface area contributed by atoms with E-state index in [1.54, 1.807) is 14.2 Å². The van der Waals surface area contributed by atoms with E-state index in [0.29, 0.717) is 0 Å². The van der Waals surface area contributed by atoms with Gasteiger partial charge in [0.2, 0.25) is 0 Å². The molecule has 1 aliphatic heterocycles. The van der Waals surface area contributed by atoms with Crippen LogP contribution in [0.15, 0.2) is 18.3 Å². The predicted molar refractivity (Wildman–Crippen MR) is 88.9 cm³/mol. The van der Waals surface area contributed by atoms with Crippen LogP contribution in [0.5, 0.6) is 11.5 Å². The molecule has 0 N–H and O–H groups in total. The van der Waals surface area contributed by atoms with Crippen molar-refractivity contribution in [3.05, 3.63) is 46.5 Å². The smallest absolute Gasteiger partial charge is 0.129 e. The maximum absolute atomic E-state index is 5.61. The van der Waals surface area contributed by atoms with Gasteiger partial charge < -0.3 is 9.47 Å². The van der Waals surface area contributed by atoms with Crippen LogP contribution in [0, 0.1) is 13.8 Å². The van der Waals surface area contributed by atoms with Crippen LogP contribution < -0.4 is 9.47 Å². The summed E-state index contributed by atoms with van der Waals surface area (Å²) in [6, 6.07) is 4.10. The van der Waals surface area contributed by atoms with Crippen LogP contribution in [0.2, 0.25) is 0 Å². The third kappa shape index (κ3) is 3.15. The zero-order chi connectivity index (χ0) is 16.4. The van der Waals surface area contributed by atoms with Gasteiger partial charge in [-0.25, -0.2) is 9.97 Å². The number of methoxy groups -OCH3 is 2. The second-order valence-corrected chi connectivity index (χ2v) is 5.93. The standard InChI is InChI=1S/C18H23N3O2/c1-12-17(22-3)6-5-14(18(12)23-4)10-21-8-7-16-15(11-21)9-19-13(2)20-16/h5-6,9H,7-8,10-11H2,1-4H3. The van der Waals surface area contributed by atoms with E-state index in [0.717, 1.165) is 48.9 Å². The summed E-state index contributed by atoms with van der Waals surface area (Å²) in [6.07, 6.45) is 2.93. The van der Waals surface area contributed by atoms with Crippen LogP contribution in [-0.4, -0.2) is 35.6 Å². The molecule has 1 aromatic heterocycles. The number of ether oxygens (including phenoxy) is 2. The number of rotatable bonds is 4. The maximum atomic E-state index is 5.61. The fourth-order valence-corrected chi connectivity index (χ4v) is 3.21. The highest BCUT2D eigenvalue weighted by Crippen LogP contribution is 2.32. The Bertz CT molecular complexity index is 716. The molecule has 0 amide bonds. The zero-order valence-electron chi connectivity index (χ0n) is 14.2. The number of benzene rings is 1. The van der Waals surface area contributed by atoms with E-state index in [-0.39, 0.29) is 0 Å². The van der Waals surface area contributed by atoms with Crippen LogP contribution in [0.4, 0.5) is 0 Å². The monoisotopic (exact) mass is 313 g/mol. The first-order valence-corrected chi connectivity index (χ1v) is 7.86. The fourth-order valence-electron chi connectivity index (χ4n) is 3.21. The van der Waals surface area contributed by atoms with Gasteiger partial charge in [0, 0.05) is 54.6 Å². The highest BCUT2D eigenvalue weighted by atomic mass is 16.5. The minimum atomic E-state index is 0.849. The summed E-state index contributed by atoms with van der Waals surface area (Å²) in [4.78, 5) is 11.3. The lowest BCUT2D eigenvalue weighted by Crippen LogP contribution is -2.31. The minimum Gasteiger partial charge on any atom is -0.496 e. The lowest BCUT2D eigenvalue weighted by atomic mass is 10.0. The quantitative estimate of drug-likeness (QED) is 0.868. The Morgan fingerprint density at radius 2 is 2.00 bits per heavy atom. The van der Waals surface area contributed by atoms with Crippen LogP contribution in [0.25, 0.3) is 0 Å². The molecule has 0 unspecified atom stereocenters. The molecule has 0 spiro atoms.